The van der Waals surface area contributed by atoms with E-state index in [9.17, 15) is 0 Å². The number of hydrogen-bond donors (Lipinski definition) is 2. The average Bonchev–Trinajstić information content (AvgIpc) is 2.48. The summed E-state index contributed by atoms with van der Waals surface area (Å²) in [5.41, 5.74) is 6.65. The molecule has 2 N–H and O–H groups in total. The average molecular weight is 178 g/mol. The minimum Gasteiger partial charge on any atom is -0.366 e. The van der Waals surface area contributed by atoms with Gasteiger partial charge in [0.15, 0.2) is 0 Å². The highest BCUT2D eigenvalue weighted by Gasteiger charge is 2.13. The molecule has 1 aromatic rings. The third-order valence-corrected chi connectivity index (χ3v) is 2.70. The number of benzene rings is 1. The van der Waals surface area contributed by atoms with E-state index < -0.39 is 0 Å². The lowest BCUT2D eigenvalue weighted by atomic mass is 10.0. The molecule has 0 fully saturated rings. The first-order chi connectivity index (χ1) is 5.70. The summed E-state index contributed by atoms with van der Waals surface area (Å²) in [4.78, 5) is 0. The van der Waals surface area contributed by atoms with Crippen LogP contribution in [0.3, 0.4) is 0 Å². The Morgan fingerprint density at radius 1 is 1.08 bits per heavy atom. The van der Waals surface area contributed by atoms with Crippen molar-refractivity contribution in [2.24, 2.45) is 0 Å². The molecule has 0 bridgehead atoms. The van der Waals surface area contributed by atoms with Gasteiger partial charge in [0, 0.05) is 0 Å². The summed E-state index contributed by atoms with van der Waals surface area (Å²) in [6, 6.07) is 2.21. The normalized spacial score (nSPS) is 12.5. The van der Waals surface area contributed by atoms with Crippen molar-refractivity contribution in [2.75, 3.05) is 17.3 Å². The Morgan fingerprint density at radius 2 is 1.77 bits per heavy atom. The van der Waals surface area contributed by atoms with Crippen molar-refractivity contribution in [1.82, 2.24) is 0 Å². The van der Waals surface area contributed by atoms with Gasteiger partial charge in [-0.3, -0.25) is 0 Å². The number of rotatable bonds is 0. The molecule has 2 rings (SSSR count). The second-order valence-corrected chi connectivity index (χ2v) is 3.40. The molecule has 0 radical (unpaired) electrons. The number of aryl methyl sites for hydroxylation is 1. The van der Waals surface area contributed by atoms with Crippen molar-refractivity contribution in [1.29, 1.82) is 0 Å². The third kappa shape index (κ3) is 1.37. The van der Waals surface area contributed by atoms with Crippen molar-refractivity contribution in [3.8, 4) is 0 Å². The van der Waals surface area contributed by atoms with Crippen molar-refractivity contribution < 1.29 is 0 Å². The van der Waals surface area contributed by atoms with E-state index in [0.29, 0.717) is 0 Å². The van der Waals surface area contributed by atoms with E-state index in [1.54, 1.807) is 0 Å². The van der Waals surface area contributed by atoms with Crippen molar-refractivity contribution in [3.05, 3.63) is 22.8 Å². The number of fused-ring (bicyclic) bond motifs is 1. The fourth-order valence-corrected chi connectivity index (χ4v) is 1.68. The van der Waals surface area contributed by atoms with Crippen molar-refractivity contribution in [3.63, 3.8) is 0 Å². The maximum Gasteiger partial charge on any atom is 0.0850 e. The zero-order valence-electron chi connectivity index (χ0n) is 7.78. The second-order valence-electron chi connectivity index (χ2n) is 3.40. The highest BCUT2D eigenvalue weighted by molar-refractivity contribution is 5.78. The maximum absolute atomic E-state index is 3.33. The minimum atomic E-state index is 0. The van der Waals surface area contributed by atoms with Crippen LogP contribution < -0.4 is 10.6 Å². The van der Waals surface area contributed by atoms with Gasteiger partial charge in [-0.05, 0) is 43.5 Å². The van der Waals surface area contributed by atoms with E-state index in [0.717, 1.165) is 6.67 Å². The lowest BCUT2D eigenvalue weighted by molar-refractivity contribution is 1.27. The number of anilines is 2. The maximum atomic E-state index is 3.33. The molecule has 0 amide bonds. The van der Waals surface area contributed by atoms with Gasteiger partial charge in [0.2, 0.25) is 0 Å². The molecule has 1 aromatic carbocycles. The zero-order chi connectivity index (χ0) is 8.72. The third-order valence-electron chi connectivity index (χ3n) is 2.70. The van der Waals surface area contributed by atoms with Crippen LogP contribution in [-0.4, -0.2) is 6.67 Å². The molecule has 2 nitrogen and oxygen atoms in total. The van der Waals surface area contributed by atoms with Crippen LogP contribution in [0.25, 0.3) is 0 Å². The molecule has 72 valence electrons. The van der Waals surface area contributed by atoms with Gasteiger partial charge in [0.05, 0.1) is 18.0 Å². The van der Waals surface area contributed by atoms with Crippen molar-refractivity contribution in [2.45, 2.75) is 28.2 Å². The summed E-state index contributed by atoms with van der Waals surface area (Å²) < 4.78 is 0. The quantitative estimate of drug-likeness (QED) is 0.638. The molecule has 0 atom stereocenters. The van der Waals surface area contributed by atoms with E-state index >= 15 is 0 Å². The van der Waals surface area contributed by atoms with Gasteiger partial charge in [0.25, 0.3) is 0 Å². The lowest BCUT2D eigenvalue weighted by Crippen LogP contribution is -1.99. The molecular formula is C11H18N2. The topological polar surface area (TPSA) is 24.1 Å². The summed E-state index contributed by atoms with van der Waals surface area (Å²) >= 11 is 0. The van der Waals surface area contributed by atoms with Gasteiger partial charge in [-0.2, -0.15) is 0 Å². The van der Waals surface area contributed by atoms with Gasteiger partial charge >= 0.3 is 0 Å². The fourth-order valence-electron chi connectivity index (χ4n) is 1.68. The fraction of sp³-hybridized carbons (Fsp3) is 0.455. The smallest absolute Gasteiger partial charge is 0.0850 e. The van der Waals surface area contributed by atoms with Crippen LogP contribution in [0.15, 0.2) is 6.07 Å². The van der Waals surface area contributed by atoms with E-state index in [1.165, 1.54) is 28.1 Å². The minimum absolute atomic E-state index is 0. The summed E-state index contributed by atoms with van der Waals surface area (Å²) in [6.45, 7) is 7.35. The van der Waals surface area contributed by atoms with Crippen LogP contribution in [0, 0.1) is 20.8 Å². The Labute approximate surface area is 80.4 Å². The predicted octanol–water partition coefficient (Wildman–Crippen LogP) is 3.04. The van der Waals surface area contributed by atoms with E-state index in [2.05, 4.69) is 37.5 Å². The predicted molar refractivity (Wildman–Crippen MR) is 59.5 cm³/mol. The summed E-state index contributed by atoms with van der Waals surface area (Å²) in [6.07, 6.45) is 0. The Hall–Kier alpha value is -1.18. The van der Waals surface area contributed by atoms with Crippen LogP contribution in [-0.2, 0) is 0 Å². The summed E-state index contributed by atoms with van der Waals surface area (Å²) in [7, 11) is 0. The molecule has 0 unspecified atom stereocenters. The van der Waals surface area contributed by atoms with Crippen molar-refractivity contribution >= 4 is 11.4 Å². The first-order valence-electron chi connectivity index (χ1n) is 4.28. The Balaban J connectivity index is 0.000000845. The molecule has 1 aliphatic heterocycles. The van der Waals surface area contributed by atoms with Crippen LogP contribution >= 0.6 is 0 Å². The SMILES string of the molecule is C.Cc1cc2c(c(C)c1C)NCN2. The highest BCUT2D eigenvalue weighted by Crippen LogP contribution is 2.33. The molecule has 0 saturated carbocycles. The van der Waals surface area contributed by atoms with Gasteiger partial charge in [-0.15, -0.1) is 0 Å². The summed E-state index contributed by atoms with van der Waals surface area (Å²) in [5.74, 6) is 0. The number of nitrogens with one attached hydrogen (secondary N) is 2. The Kier molecular flexibility index (Phi) is 2.50. The lowest BCUT2D eigenvalue weighted by Gasteiger charge is -2.09. The molecular weight excluding hydrogens is 160 g/mol. The molecule has 1 aliphatic rings. The zero-order valence-corrected chi connectivity index (χ0v) is 7.78. The highest BCUT2D eigenvalue weighted by atomic mass is 15.1. The molecule has 0 spiro atoms. The van der Waals surface area contributed by atoms with Crippen LogP contribution in [0.2, 0.25) is 0 Å². The molecule has 1 heterocycles. The van der Waals surface area contributed by atoms with E-state index in [4.69, 9.17) is 0 Å². The van der Waals surface area contributed by atoms with Crippen LogP contribution in [0.4, 0.5) is 11.4 Å². The van der Waals surface area contributed by atoms with E-state index in [1.807, 2.05) is 0 Å². The summed E-state index contributed by atoms with van der Waals surface area (Å²) in [5, 5.41) is 6.62. The largest absolute Gasteiger partial charge is 0.366 e. The molecule has 0 aromatic heterocycles. The standard InChI is InChI=1S/C10H14N2.CH4/c1-6-4-9-10(12-5-11-9)8(3)7(6)2;/h4,11-12H,5H2,1-3H3;1H4. The molecule has 13 heavy (non-hydrogen) atoms. The van der Waals surface area contributed by atoms with E-state index in [-0.39, 0.29) is 7.43 Å². The first-order valence-corrected chi connectivity index (χ1v) is 4.28. The molecule has 0 aliphatic carbocycles. The number of hydrogen-bond acceptors (Lipinski definition) is 2. The molecule has 0 saturated heterocycles. The Morgan fingerprint density at radius 3 is 2.46 bits per heavy atom. The van der Waals surface area contributed by atoms with Gasteiger partial charge in [0.1, 0.15) is 0 Å². The van der Waals surface area contributed by atoms with Gasteiger partial charge in [-0.1, -0.05) is 7.43 Å². The van der Waals surface area contributed by atoms with Gasteiger partial charge < -0.3 is 10.6 Å². The van der Waals surface area contributed by atoms with Gasteiger partial charge in [-0.25, -0.2) is 0 Å². The van der Waals surface area contributed by atoms with Crippen LogP contribution in [0.1, 0.15) is 24.1 Å². The Bertz CT molecular complexity index is 329. The second kappa shape index (κ2) is 3.29. The first kappa shape index (κ1) is 9.90. The van der Waals surface area contributed by atoms with Crippen LogP contribution in [0.5, 0.6) is 0 Å². The monoisotopic (exact) mass is 178 g/mol. The molecule has 2 heteroatoms.